The molecule has 1 aromatic heterocycles. The summed E-state index contributed by atoms with van der Waals surface area (Å²) < 4.78 is 7.13. The van der Waals surface area contributed by atoms with Gasteiger partial charge in [0, 0.05) is 25.9 Å². The second-order valence-electron chi connectivity index (χ2n) is 4.78. The number of piperidine rings is 1. The SMILES string of the molecule is CCOCCC(=O)N1CCC(n2ccc(N)n2)CC1. The monoisotopic (exact) mass is 266 g/mol. The van der Waals surface area contributed by atoms with Crippen LogP contribution in [0.15, 0.2) is 12.3 Å². The molecule has 0 saturated carbocycles. The lowest BCUT2D eigenvalue weighted by molar-refractivity contribution is -0.133. The van der Waals surface area contributed by atoms with Gasteiger partial charge in [0.2, 0.25) is 5.91 Å². The van der Waals surface area contributed by atoms with Crippen LogP contribution in [0.3, 0.4) is 0 Å². The molecule has 0 aliphatic carbocycles. The second kappa shape index (κ2) is 6.56. The number of rotatable bonds is 5. The molecule has 0 radical (unpaired) electrons. The van der Waals surface area contributed by atoms with E-state index in [2.05, 4.69) is 5.10 Å². The molecule has 0 atom stereocenters. The fourth-order valence-corrected chi connectivity index (χ4v) is 2.40. The highest BCUT2D eigenvalue weighted by Crippen LogP contribution is 2.22. The molecule has 0 unspecified atom stereocenters. The standard InChI is InChI=1S/C13H22N4O2/c1-2-19-10-6-13(18)16-7-3-11(4-8-16)17-9-5-12(14)15-17/h5,9,11H,2-4,6-8,10H2,1H3,(H2,14,15). The number of likely N-dealkylation sites (tertiary alicyclic amines) is 1. The second-order valence-corrected chi connectivity index (χ2v) is 4.78. The lowest BCUT2D eigenvalue weighted by Gasteiger charge is -2.32. The Morgan fingerprint density at radius 3 is 2.84 bits per heavy atom. The molecule has 0 aromatic carbocycles. The van der Waals surface area contributed by atoms with E-state index < -0.39 is 0 Å². The van der Waals surface area contributed by atoms with Crippen molar-refractivity contribution >= 4 is 11.7 Å². The van der Waals surface area contributed by atoms with Crippen LogP contribution < -0.4 is 5.73 Å². The van der Waals surface area contributed by atoms with Crippen molar-refractivity contribution in [1.82, 2.24) is 14.7 Å². The molecule has 1 aliphatic heterocycles. The lowest BCUT2D eigenvalue weighted by atomic mass is 10.1. The Bertz CT molecular complexity index is 411. The predicted octanol–water partition coefficient (Wildman–Crippen LogP) is 1.06. The third kappa shape index (κ3) is 3.70. The summed E-state index contributed by atoms with van der Waals surface area (Å²) in [6, 6.07) is 2.16. The molecule has 2 heterocycles. The Labute approximate surface area is 113 Å². The van der Waals surface area contributed by atoms with E-state index in [-0.39, 0.29) is 5.91 Å². The summed E-state index contributed by atoms with van der Waals surface area (Å²) >= 11 is 0. The predicted molar refractivity (Wildman–Crippen MR) is 72.6 cm³/mol. The molecule has 0 spiro atoms. The van der Waals surface area contributed by atoms with Gasteiger partial charge in [-0.15, -0.1) is 0 Å². The van der Waals surface area contributed by atoms with E-state index in [1.807, 2.05) is 22.7 Å². The van der Waals surface area contributed by atoms with Gasteiger partial charge >= 0.3 is 0 Å². The van der Waals surface area contributed by atoms with Gasteiger partial charge in [-0.2, -0.15) is 5.10 Å². The molecular formula is C13H22N4O2. The molecule has 0 bridgehead atoms. The maximum absolute atomic E-state index is 11.9. The minimum atomic E-state index is 0.187. The van der Waals surface area contributed by atoms with Gasteiger partial charge in [-0.3, -0.25) is 9.48 Å². The van der Waals surface area contributed by atoms with Crippen LogP contribution in [-0.2, 0) is 9.53 Å². The van der Waals surface area contributed by atoms with Crippen molar-refractivity contribution in [2.75, 3.05) is 32.0 Å². The fourth-order valence-electron chi connectivity index (χ4n) is 2.40. The number of nitrogen functional groups attached to an aromatic ring is 1. The summed E-state index contributed by atoms with van der Waals surface area (Å²) in [5.74, 6) is 0.738. The van der Waals surface area contributed by atoms with Gasteiger partial charge in [0.15, 0.2) is 0 Å². The van der Waals surface area contributed by atoms with Crippen molar-refractivity contribution in [3.63, 3.8) is 0 Å². The summed E-state index contributed by atoms with van der Waals surface area (Å²) in [5.41, 5.74) is 5.62. The summed E-state index contributed by atoms with van der Waals surface area (Å²) in [4.78, 5) is 13.8. The van der Waals surface area contributed by atoms with E-state index in [1.165, 1.54) is 0 Å². The number of nitrogens with two attached hydrogens (primary N) is 1. The van der Waals surface area contributed by atoms with Crippen LogP contribution in [0.2, 0.25) is 0 Å². The van der Waals surface area contributed by atoms with Crippen LogP contribution in [0, 0.1) is 0 Å². The topological polar surface area (TPSA) is 73.4 Å². The average molecular weight is 266 g/mol. The zero-order chi connectivity index (χ0) is 13.7. The van der Waals surface area contributed by atoms with Crippen molar-refractivity contribution in [2.45, 2.75) is 32.2 Å². The van der Waals surface area contributed by atoms with Gasteiger partial charge in [-0.1, -0.05) is 0 Å². The largest absolute Gasteiger partial charge is 0.382 e. The van der Waals surface area contributed by atoms with Crippen LogP contribution in [0.5, 0.6) is 0 Å². The Hall–Kier alpha value is -1.56. The van der Waals surface area contributed by atoms with E-state index in [0.717, 1.165) is 25.9 Å². The van der Waals surface area contributed by atoms with Gasteiger partial charge < -0.3 is 15.4 Å². The molecule has 1 aromatic rings. The zero-order valence-corrected chi connectivity index (χ0v) is 11.4. The summed E-state index contributed by atoms with van der Waals surface area (Å²) in [7, 11) is 0. The van der Waals surface area contributed by atoms with Crippen LogP contribution in [0.1, 0.15) is 32.2 Å². The number of carbonyl (C=O) groups excluding carboxylic acids is 1. The van der Waals surface area contributed by atoms with Crippen molar-refractivity contribution in [3.05, 3.63) is 12.3 Å². The number of amides is 1. The van der Waals surface area contributed by atoms with Gasteiger partial charge in [0.05, 0.1) is 19.1 Å². The van der Waals surface area contributed by atoms with Crippen LogP contribution >= 0.6 is 0 Å². The molecule has 106 valence electrons. The number of nitrogens with zero attached hydrogens (tertiary/aromatic N) is 3. The minimum absolute atomic E-state index is 0.187. The fraction of sp³-hybridized carbons (Fsp3) is 0.692. The van der Waals surface area contributed by atoms with Crippen LogP contribution in [-0.4, -0.2) is 46.9 Å². The summed E-state index contributed by atoms with van der Waals surface area (Å²) in [6.45, 7) is 4.69. The first-order valence-corrected chi connectivity index (χ1v) is 6.87. The molecule has 2 rings (SSSR count). The Kier molecular flexibility index (Phi) is 4.79. The van der Waals surface area contributed by atoms with Crippen molar-refractivity contribution in [1.29, 1.82) is 0 Å². The maximum atomic E-state index is 11.9. The molecule has 1 amide bonds. The average Bonchev–Trinajstić information content (AvgIpc) is 2.86. The maximum Gasteiger partial charge on any atom is 0.224 e. The Morgan fingerprint density at radius 2 is 2.26 bits per heavy atom. The Balaban J connectivity index is 1.77. The van der Waals surface area contributed by atoms with E-state index in [1.54, 1.807) is 6.07 Å². The number of hydrogen-bond acceptors (Lipinski definition) is 4. The number of ether oxygens (including phenoxy) is 1. The lowest BCUT2D eigenvalue weighted by Crippen LogP contribution is -2.39. The van der Waals surface area contributed by atoms with Crippen molar-refractivity contribution in [3.8, 4) is 0 Å². The molecule has 6 heteroatoms. The first kappa shape index (κ1) is 13.9. The normalized spacial score (nSPS) is 16.8. The molecule has 19 heavy (non-hydrogen) atoms. The molecule has 1 saturated heterocycles. The zero-order valence-electron chi connectivity index (χ0n) is 11.4. The quantitative estimate of drug-likeness (QED) is 0.809. The third-order valence-corrected chi connectivity index (χ3v) is 3.48. The first-order chi connectivity index (χ1) is 9.20. The number of anilines is 1. The van der Waals surface area contributed by atoms with Gasteiger partial charge in [0.1, 0.15) is 5.82 Å². The van der Waals surface area contributed by atoms with Gasteiger partial charge in [0.25, 0.3) is 0 Å². The highest BCUT2D eigenvalue weighted by atomic mass is 16.5. The van der Waals surface area contributed by atoms with Crippen LogP contribution in [0.25, 0.3) is 0 Å². The van der Waals surface area contributed by atoms with E-state index in [4.69, 9.17) is 10.5 Å². The minimum Gasteiger partial charge on any atom is -0.382 e. The molecule has 1 aliphatic rings. The summed E-state index contributed by atoms with van der Waals surface area (Å²) in [5, 5.41) is 4.24. The van der Waals surface area contributed by atoms with E-state index in [9.17, 15) is 4.79 Å². The van der Waals surface area contributed by atoms with Gasteiger partial charge in [-0.05, 0) is 25.8 Å². The molecule has 6 nitrogen and oxygen atoms in total. The molecule has 1 fully saturated rings. The highest BCUT2D eigenvalue weighted by Gasteiger charge is 2.23. The number of carbonyl (C=O) groups is 1. The third-order valence-electron chi connectivity index (χ3n) is 3.48. The molecule has 2 N–H and O–H groups in total. The van der Waals surface area contributed by atoms with E-state index >= 15 is 0 Å². The first-order valence-electron chi connectivity index (χ1n) is 6.87. The van der Waals surface area contributed by atoms with Crippen molar-refractivity contribution in [2.24, 2.45) is 0 Å². The number of hydrogen-bond donors (Lipinski definition) is 1. The summed E-state index contributed by atoms with van der Waals surface area (Å²) in [6.07, 6.45) is 4.25. The highest BCUT2D eigenvalue weighted by molar-refractivity contribution is 5.76. The van der Waals surface area contributed by atoms with Crippen LogP contribution in [0.4, 0.5) is 5.82 Å². The van der Waals surface area contributed by atoms with E-state index in [0.29, 0.717) is 31.5 Å². The molecular weight excluding hydrogens is 244 g/mol. The van der Waals surface area contributed by atoms with Crippen molar-refractivity contribution < 1.29 is 9.53 Å². The number of aromatic nitrogens is 2. The van der Waals surface area contributed by atoms with Gasteiger partial charge in [-0.25, -0.2) is 0 Å². The Morgan fingerprint density at radius 1 is 1.53 bits per heavy atom. The smallest absolute Gasteiger partial charge is 0.224 e.